The molecule has 0 fully saturated rings. The molecule has 1 atom stereocenters. The minimum absolute atomic E-state index is 0.277. The van der Waals surface area contributed by atoms with Crippen LogP contribution in [-0.2, 0) is 18.4 Å². The van der Waals surface area contributed by atoms with E-state index in [4.69, 9.17) is 4.98 Å². The summed E-state index contributed by atoms with van der Waals surface area (Å²) in [5, 5.41) is 0. The lowest BCUT2D eigenvalue weighted by molar-refractivity contribution is 0.219. The molecule has 1 unspecified atom stereocenters. The molecule has 0 radical (unpaired) electrons. The van der Waals surface area contributed by atoms with Gasteiger partial charge in [0, 0.05) is 23.6 Å². The Morgan fingerprint density at radius 1 is 1.22 bits per heavy atom. The zero-order valence-electron chi connectivity index (χ0n) is 12.5. The van der Waals surface area contributed by atoms with Crippen molar-refractivity contribution in [2.24, 2.45) is 5.41 Å². The number of hydrogen-bond donors (Lipinski definition) is 0. The average molecular weight is 246 g/mol. The van der Waals surface area contributed by atoms with Crippen molar-refractivity contribution in [2.75, 3.05) is 0 Å². The largest absolute Gasteiger partial charge is 0.331 e. The van der Waals surface area contributed by atoms with Crippen LogP contribution in [0.15, 0.2) is 0 Å². The van der Waals surface area contributed by atoms with E-state index in [1.165, 1.54) is 37.3 Å². The highest BCUT2D eigenvalue weighted by atomic mass is 15.1. The minimum atomic E-state index is 0.277. The van der Waals surface area contributed by atoms with Crippen molar-refractivity contribution >= 4 is 0 Å². The molecule has 18 heavy (non-hydrogen) atoms. The molecule has 0 spiro atoms. The summed E-state index contributed by atoms with van der Waals surface area (Å²) in [6.07, 6.45) is 5.04. The van der Waals surface area contributed by atoms with E-state index >= 15 is 0 Å². The molecular formula is C16H26N2. The Morgan fingerprint density at radius 3 is 2.67 bits per heavy atom. The fraction of sp³-hybridized carbons (Fsp3) is 0.812. The van der Waals surface area contributed by atoms with Crippen molar-refractivity contribution in [3.05, 3.63) is 17.2 Å². The molecule has 100 valence electrons. The summed E-state index contributed by atoms with van der Waals surface area (Å²) in [5.74, 6) is 2.00. The second-order valence-corrected chi connectivity index (χ2v) is 7.86. The van der Waals surface area contributed by atoms with Gasteiger partial charge in [-0.1, -0.05) is 34.6 Å². The van der Waals surface area contributed by atoms with E-state index in [2.05, 4.69) is 39.2 Å². The van der Waals surface area contributed by atoms with Crippen molar-refractivity contribution in [3.63, 3.8) is 0 Å². The molecule has 0 saturated carbocycles. The average Bonchev–Trinajstić information content (AvgIpc) is 2.54. The fourth-order valence-corrected chi connectivity index (χ4v) is 4.48. The summed E-state index contributed by atoms with van der Waals surface area (Å²) in [6.45, 7) is 13.1. The van der Waals surface area contributed by atoms with Gasteiger partial charge >= 0.3 is 0 Å². The third kappa shape index (κ3) is 1.72. The predicted molar refractivity (Wildman–Crippen MR) is 75.0 cm³/mol. The van der Waals surface area contributed by atoms with Gasteiger partial charge in [-0.05, 0) is 31.1 Å². The topological polar surface area (TPSA) is 17.8 Å². The monoisotopic (exact) mass is 246 g/mol. The van der Waals surface area contributed by atoms with Gasteiger partial charge in [0.1, 0.15) is 5.82 Å². The van der Waals surface area contributed by atoms with Crippen LogP contribution in [0.25, 0.3) is 0 Å². The van der Waals surface area contributed by atoms with Crippen LogP contribution in [0.5, 0.6) is 0 Å². The Hall–Kier alpha value is -0.790. The molecule has 2 aliphatic rings. The number of aromatic nitrogens is 2. The maximum atomic E-state index is 5.03. The molecular weight excluding hydrogens is 220 g/mol. The second kappa shape index (κ2) is 3.61. The molecule has 1 aromatic heterocycles. The molecule has 0 bridgehead atoms. The number of fused-ring (bicyclic) bond motifs is 3. The quantitative estimate of drug-likeness (QED) is 0.676. The number of imidazole rings is 1. The van der Waals surface area contributed by atoms with Gasteiger partial charge < -0.3 is 4.57 Å². The molecule has 2 heterocycles. The van der Waals surface area contributed by atoms with E-state index in [9.17, 15) is 0 Å². The lowest BCUT2D eigenvalue weighted by atomic mass is 9.66. The van der Waals surface area contributed by atoms with Crippen molar-refractivity contribution < 1.29 is 0 Å². The maximum Gasteiger partial charge on any atom is 0.112 e. The first-order chi connectivity index (χ1) is 8.30. The molecule has 1 aliphatic carbocycles. The zero-order chi connectivity index (χ0) is 13.1. The van der Waals surface area contributed by atoms with E-state index in [0.29, 0.717) is 11.3 Å². The lowest BCUT2D eigenvalue weighted by Crippen LogP contribution is -2.36. The van der Waals surface area contributed by atoms with Crippen molar-refractivity contribution in [1.29, 1.82) is 0 Å². The smallest absolute Gasteiger partial charge is 0.112 e. The standard InChI is InChI=1S/C16H26N2/c1-11-7-6-8-18-13-12(17-14(11)18)9-15(2,3)10-16(13,4)5/h11H,6-10H2,1-5H3. The first kappa shape index (κ1) is 12.3. The second-order valence-electron chi connectivity index (χ2n) is 7.86. The number of rotatable bonds is 0. The molecule has 1 aliphatic heterocycles. The highest BCUT2D eigenvalue weighted by Gasteiger charge is 2.42. The maximum absolute atomic E-state index is 5.03. The Kier molecular flexibility index (Phi) is 2.46. The normalized spacial score (nSPS) is 28.6. The lowest BCUT2D eigenvalue weighted by Gasteiger charge is -2.41. The summed E-state index contributed by atoms with van der Waals surface area (Å²) < 4.78 is 2.55. The predicted octanol–water partition coefficient (Wildman–Crippen LogP) is 4.03. The molecule has 0 N–H and O–H groups in total. The molecule has 2 heteroatoms. The van der Waals surface area contributed by atoms with Gasteiger partial charge in [0.05, 0.1) is 5.69 Å². The Labute approximate surface area is 111 Å². The summed E-state index contributed by atoms with van der Waals surface area (Å²) >= 11 is 0. The van der Waals surface area contributed by atoms with Crippen molar-refractivity contribution in [1.82, 2.24) is 9.55 Å². The molecule has 1 aromatic rings. The van der Waals surface area contributed by atoms with Gasteiger partial charge in [0.2, 0.25) is 0 Å². The van der Waals surface area contributed by atoms with Crippen LogP contribution in [0, 0.1) is 5.41 Å². The third-order valence-corrected chi connectivity index (χ3v) is 4.74. The molecule has 0 saturated heterocycles. The Morgan fingerprint density at radius 2 is 1.94 bits per heavy atom. The van der Waals surface area contributed by atoms with Crippen LogP contribution < -0.4 is 0 Å². The molecule has 0 amide bonds. The third-order valence-electron chi connectivity index (χ3n) is 4.74. The molecule has 3 rings (SSSR count). The molecule has 2 nitrogen and oxygen atoms in total. The van der Waals surface area contributed by atoms with Gasteiger partial charge in [-0.2, -0.15) is 0 Å². The van der Waals surface area contributed by atoms with E-state index in [0.717, 1.165) is 6.42 Å². The minimum Gasteiger partial charge on any atom is -0.331 e. The fourth-order valence-electron chi connectivity index (χ4n) is 4.48. The van der Waals surface area contributed by atoms with Crippen LogP contribution in [0.2, 0.25) is 0 Å². The van der Waals surface area contributed by atoms with Gasteiger partial charge in [0.15, 0.2) is 0 Å². The van der Waals surface area contributed by atoms with Crippen LogP contribution in [-0.4, -0.2) is 9.55 Å². The zero-order valence-corrected chi connectivity index (χ0v) is 12.5. The van der Waals surface area contributed by atoms with Gasteiger partial charge in [-0.25, -0.2) is 4.98 Å². The summed E-state index contributed by atoms with van der Waals surface area (Å²) in [6, 6.07) is 0. The number of nitrogens with zero attached hydrogens (tertiary/aromatic N) is 2. The highest BCUT2D eigenvalue weighted by molar-refractivity contribution is 5.31. The van der Waals surface area contributed by atoms with Crippen LogP contribution in [0.4, 0.5) is 0 Å². The van der Waals surface area contributed by atoms with Gasteiger partial charge in [0.25, 0.3) is 0 Å². The van der Waals surface area contributed by atoms with Crippen molar-refractivity contribution in [2.45, 2.75) is 78.2 Å². The summed E-state index contributed by atoms with van der Waals surface area (Å²) in [7, 11) is 0. The van der Waals surface area contributed by atoms with E-state index in [1.54, 1.807) is 5.69 Å². The first-order valence-corrected chi connectivity index (χ1v) is 7.40. The summed E-state index contributed by atoms with van der Waals surface area (Å²) in [5.41, 5.74) is 3.60. The van der Waals surface area contributed by atoms with E-state index in [1.807, 2.05) is 0 Å². The SMILES string of the molecule is CC1CCCn2c1nc1c2C(C)(C)CC(C)(C)C1. The van der Waals surface area contributed by atoms with Crippen molar-refractivity contribution in [3.8, 4) is 0 Å². The van der Waals surface area contributed by atoms with Gasteiger partial charge in [-0.3, -0.25) is 0 Å². The van der Waals surface area contributed by atoms with E-state index in [-0.39, 0.29) is 5.41 Å². The Bertz CT molecular complexity index is 480. The molecule has 0 aromatic carbocycles. The van der Waals surface area contributed by atoms with Crippen LogP contribution in [0.3, 0.4) is 0 Å². The first-order valence-electron chi connectivity index (χ1n) is 7.40. The van der Waals surface area contributed by atoms with Gasteiger partial charge in [-0.15, -0.1) is 0 Å². The van der Waals surface area contributed by atoms with Crippen LogP contribution in [0.1, 0.15) is 77.0 Å². The van der Waals surface area contributed by atoms with E-state index < -0.39 is 0 Å². The van der Waals surface area contributed by atoms with Crippen LogP contribution >= 0.6 is 0 Å². The Balaban J connectivity index is 2.17. The number of hydrogen-bond acceptors (Lipinski definition) is 1. The summed E-state index contributed by atoms with van der Waals surface area (Å²) in [4.78, 5) is 5.03. The highest BCUT2D eigenvalue weighted by Crippen LogP contribution is 2.47.